The molecule has 0 saturated heterocycles. The Bertz CT molecular complexity index is 772. The second kappa shape index (κ2) is 5.57. The van der Waals surface area contributed by atoms with Crippen LogP contribution < -0.4 is 15.3 Å². The zero-order valence-electron chi connectivity index (χ0n) is 10.4. The Labute approximate surface area is 124 Å². The van der Waals surface area contributed by atoms with E-state index in [0.717, 1.165) is 11.3 Å². The van der Waals surface area contributed by atoms with Crippen LogP contribution in [0.4, 0.5) is 5.69 Å². The number of anilines is 1. The van der Waals surface area contributed by atoms with E-state index in [1.807, 2.05) is 0 Å². The second-order valence-electron chi connectivity index (χ2n) is 4.12. The van der Waals surface area contributed by atoms with Gasteiger partial charge in [0.15, 0.2) is 0 Å². The van der Waals surface area contributed by atoms with Crippen molar-refractivity contribution in [1.29, 1.82) is 0 Å². The third-order valence-corrected chi connectivity index (χ3v) is 5.18. The van der Waals surface area contributed by atoms with E-state index in [4.69, 9.17) is 17.3 Å². The highest BCUT2D eigenvalue weighted by Gasteiger charge is 2.17. The van der Waals surface area contributed by atoms with Crippen molar-refractivity contribution in [2.75, 3.05) is 5.73 Å². The lowest BCUT2D eigenvalue weighted by Gasteiger charge is -2.09. The van der Waals surface area contributed by atoms with Crippen LogP contribution in [-0.4, -0.2) is 13.4 Å². The molecule has 4 N–H and O–H groups in total. The molecule has 9 heteroatoms. The number of nitrogens with one attached hydrogen (secondary N) is 2. The molecule has 2 rings (SSSR count). The first kappa shape index (κ1) is 15.0. The second-order valence-corrected chi connectivity index (χ2v) is 7.13. The predicted molar refractivity (Wildman–Crippen MR) is 79.6 cm³/mol. The molecule has 1 heterocycles. The molecule has 0 atom stereocenters. The first-order chi connectivity index (χ1) is 9.29. The van der Waals surface area contributed by atoms with Gasteiger partial charge in [0.05, 0.1) is 11.4 Å². The number of rotatable bonds is 4. The number of hydrogen-bond acceptors (Lipinski definition) is 5. The van der Waals surface area contributed by atoms with Crippen molar-refractivity contribution in [3.63, 3.8) is 0 Å². The smallest absolute Gasteiger partial charge is 0.304 e. The molecule has 0 unspecified atom stereocenters. The van der Waals surface area contributed by atoms with Crippen LogP contribution in [0.1, 0.15) is 11.3 Å². The number of thiazole rings is 1. The SMILES string of the molecule is Cc1c(N)cc(S(=O)(=O)NCc2csc(=O)[nH]2)cc1Cl. The molecule has 0 spiro atoms. The summed E-state index contributed by atoms with van der Waals surface area (Å²) in [7, 11) is -3.74. The maximum atomic E-state index is 12.1. The van der Waals surface area contributed by atoms with Crippen molar-refractivity contribution in [3.8, 4) is 0 Å². The minimum Gasteiger partial charge on any atom is -0.398 e. The number of sulfonamides is 1. The molecule has 0 bridgehead atoms. The summed E-state index contributed by atoms with van der Waals surface area (Å²) in [5.74, 6) is 0. The van der Waals surface area contributed by atoms with Gasteiger partial charge in [-0.2, -0.15) is 0 Å². The average molecular weight is 334 g/mol. The monoisotopic (exact) mass is 333 g/mol. The fourth-order valence-electron chi connectivity index (χ4n) is 1.49. The molecule has 0 radical (unpaired) electrons. The molecule has 0 saturated carbocycles. The van der Waals surface area contributed by atoms with Gasteiger partial charge >= 0.3 is 4.87 Å². The van der Waals surface area contributed by atoms with Crippen LogP contribution in [0.3, 0.4) is 0 Å². The summed E-state index contributed by atoms with van der Waals surface area (Å²) in [6.45, 7) is 1.70. The normalized spacial score (nSPS) is 11.7. The fraction of sp³-hybridized carbons (Fsp3) is 0.182. The van der Waals surface area contributed by atoms with Gasteiger partial charge < -0.3 is 10.7 Å². The van der Waals surface area contributed by atoms with Crippen molar-refractivity contribution in [3.05, 3.63) is 43.5 Å². The molecule has 0 aliphatic heterocycles. The van der Waals surface area contributed by atoms with Crippen LogP contribution in [0.15, 0.2) is 27.2 Å². The molecule has 20 heavy (non-hydrogen) atoms. The summed E-state index contributed by atoms with van der Waals surface area (Å²) in [4.78, 5) is 13.2. The van der Waals surface area contributed by atoms with E-state index in [-0.39, 0.29) is 21.3 Å². The Morgan fingerprint density at radius 3 is 2.70 bits per heavy atom. The van der Waals surface area contributed by atoms with Gasteiger partial charge in [0.2, 0.25) is 10.0 Å². The number of nitrogens with two attached hydrogens (primary N) is 1. The van der Waals surface area contributed by atoms with Crippen molar-refractivity contribution < 1.29 is 8.42 Å². The molecule has 0 fully saturated rings. The summed E-state index contributed by atoms with van der Waals surface area (Å²) >= 11 is 6.90. The highest BCUT2D eigenvalue weighted by atomic mass is 35.5. The zero-order valence-corrected chi connectivity index (χ0v) is 12.8. The Morgan fingerprint density at radius 1 is 1.45 bits per heavy atom. The van der Waals surface area contributed by atoms with Crippen LogP contribution in [0.5, 0.6) is 0 Å². The number of hydrogen-bond donors (Lipinski definition) is 3. The van der Waals surface area contributed by atoms with Crippen molar-refractivity contribution in [2.24, 2.45) is 0 Å². The number of H-pyrrole nitrogens is 1. The van der Waals surface area contributed by atoms with Crippen molar-refractivity contribution >= 4 is 38.6 Å². The van der Waals surface area contributed by atoms with E-state index in [0.29, 0.717) is 16.9 Å². The van der Waals surface area contributed by atoms with E-state index in [1.54, 1.807) is 12.3 Å². The summed E-state index contributed by atoms with van der Waals surface area (Å²) in [5, 5.41) is 1.84. The van der Waals surface area contributed by atoms with Crippen molar-refractivity contribution in [2.45, 2.75) is 18.4 Å². The van der Waals surface area contributed by atoms with E-state index in [9.17, 15) is 13.2 Å². The van der Waals surface area contributed by atoms with Crippen LogP contribution >= 0.6 is 22.9 Å². The van der Waals surface area contributed by atoms with Crippen LogP contribution in [-0.2, 0) is 16.6 Å². The first-order valence-corrected chi connectivity index (χ1v) is 8.25. The molecule has 0 amide bonds. The predicted octanol–water partition coefficient (Wildman–Crippen LogP) is 1.46. The minimum absolute atomic E-state index is 0.00747. The molecule has 2 aromatic rings. The number of nitrogen functional groups attached to an aromatic ring is 1. The Balaban J connectivity index is 2.24. The minimum atomic E-state index is -3.74. The Kier molecular flexibility index (Phi) is 4.19. The van der Waals surface area contributed by atoms with E-state index in [2.05, 4.69) is 9.71 Å². The van der Waals surface area contributed by atoms with E-state index < -0.39 is 10.0 Å². The van der Waals surface area contributed by atoms with Crippen molar-refractivity contribution in [1.82, 2.24) is 9.71 Å². The highest BCUT2D eigenvalue weighted by molar-refractivity contribution is 7.89. The molecule has 0 aliphatic carbocycles. The molecule has 6 nitrogen and oxygen atoms in total. The number of aromatic nitrogens is 1. The highest BCUT2D eigenvalue weighted by Crippen LogP contribution is 2.25. The van der Waals surface area contributed by atoms with Gasteiger partial charge in [0.25, 0.3) is 0 Å². The number of aromatic amines is 1. The standard InChI is InChI=1S/C11H12ClN3O3S2/c1-6-9(12)2-8(3-10(6)13)20(17,18)14-4-7-5-19-11(16)15-7/h2-3,5,14H,4,13H2,1H3,(H,15,16). The summed E-state index contributed by atoms with van der Waals surface area (Å²) in [6.07, 6.45) is 0. The topological polar surface area (TPSA) is 105 Å². The van der Waals surface area contributed by atoms with E-state index in [1.165, 1.54) is 12.1 Å². The van der Waals surface area contributed by atoms with Gasteiger partial charge in [-0.25, -0.2) is 13.1 Å². The Morgan fingerprint density at radius 2 is 2.15 bits per heavy atom. The molecule has 0 aliphatic rings. The zero-order chi connectivity index (χ0) is 14.9. The number of halogens is 1. The third kappa shape index (κ3) is 3.21. The summed E-state index contributed by atoms with van der Waals surface area (Å²) in [5.41, 5.74) is 7.14. The van der Waals surface area contributed by atoms with Gasteiger partial charge in [-0.3, -0.25) is 4.79 Å². The fourth-order valence-corrected chi connectivity index (χ4v) is 3.43. The lowest BCUT2D eigenvalue weighted by Crippen LogP contribution is -2.24. The van der Waals surface area contributed by atoms with Gasteiger partial charge in [-0.05, 0) is 24.6 Å². The van der Waals surface area contributed by atoms with Gasteiger partial charge in [0, 0.05) is 21.8 Å². The van der Waals surface area contributed by atoms with Gasteiger partial charge in [-0.15, -0.1) is 0 Å². The Hall–Kier alpha value is -1.35. The lowest BCUT2D eigenvalue weighted by atomic mass is 10.2. The number of benzene rings is 1. The summed E-state index contributed by atoms with van der Waals surface area (Å²) < 4.78 is 26.6. The first-order valence-electron chi connectivity index (χ1n) is 5.51. The lowest BCUT2D eigenvalue weighted by molar-refractivity contribution is 0.580. The molecule has 1 aromatic heterocycles. The maximum absolute atomic E-state index is 12.1. The van der Waals surface area contributed by atoms with E-state index >= 15 is 0 Å². The summed E-state index contributed by atoms with van der Waals surface area (Å²) in [6, 6.07) is 2.69. The average Bonchev–Trinajstić information content (AvgIpc) is 2.79. The van der Waals surface area contributed by atoms with Gasteiger partial charge in [-0.1, -0.05) is 22.9 Å². The molecular formula is C11H12ClN3O3S2. The maximum Gasteiger partial charge on any atom is 0.304 e. The van der Waals surface area contributed by atoms with Crippen LogP contribution in [0.25, 0.3) is 0 Å². The largest absolute Gasteiger partial charge is 0.398 e. The van der Waals surface area contributed by atoms with Crippen LogP contribution in [0, 0.1) is 6.92 Å². The quantitative estimate of drug-likeness (QED) is 0.736. The van der Waals surface area contributed by atoms with Crippen LogP contribution in [0.2, 0.25) is 5.02 Å². The van der Waals surface area contributed by atoms with Gasteiger partial charge in [0.1, 0.15) is 0 Å². The molecule has 108 valence electrons. The third-order valence-electron chi connectivity index (χ3n) is 2.69. The molecule has 1 aromatic carbocycles. The molecular weight excluding hydrogens is 322 g/mol.